The SMILES string of the molecule is CCn1c(SCC(=O)N/N=C\c2ccc([N+](=O)[O-])cc2)nnc1-c1ccc(OC)c(OC)c1. The molecule has 0 aliphatic heterocycles. The molecule has 0 fully saturated rings. The van der Waals surface area contributed by atoms with Gasteiger partial charge in [0.15, 0.2) is 22.5 Å². The quantitative estimate of drug-likeness (QED) is 0.207. The van der Waals surface area contributed by atoms with Crippen LogP contribution < -0.4 is 14.9 Å². The zero-order valence-electron chi connectivity index (χ0n) is 18.2. The minimum absolute atomic E-state index is 0.0138. The van der Waals surface area contributed by atoms with Crippen molar-refractivity contribution in [2.75, 3.05) is 20.0 Å². The summed E-state index contributed by atoms with van der Waals surface area (Å²) in [5, 5.41) is 23.6. The van der Waals surface area contributed by atoms with E-state index in [2.05, 4.69) is 20.7 Å². The highest BCUT2D eigenvalue weighted by Crippen LogP contribution is 2.32. The first-order valence-corrected chi connectivity index (χ1v) is 10.8. The van der Waals surface area contributed by atoms with E-state index in [1.165, 1.54) is 30.1 Å². The van der Waals surface area contributed by atoms with Gasteiger partial charge in [0.2, 0.25) is 0 Å². The van der Waals surface area contributed by atoms with Gasteiger partial charge in [0, 0.05) is 24.2 Å². The highest BCUT2D eigenvalue weighted by Gasteiger charge is 2.16. The Bertz CT molecular complexity index is 1160. The number of non-ortho nitro benzene ring substituents is 1. The van der Waals surface area contributed by atoms with Crippen molar-refractivity contribution in [3.63, 3.8) is 0 Å². The lowest BCUT2D eigenvalue weighted by Crippen LogP contribution is -2.20. The molecular weight excluding hydrogens is 448 g/mol. The fourth-order valence-corrected chi connectivity index (χ4v) is 3.69. The van der Waals surface area contributed by atoms with E-state index in [1.807, 2.05) is 23.6 Å². The van der Waals surface area contributed by atoms with Crippen LogP contribution in [0.5, 0.6) is 11.5 Å². The van der Waals surface area contributed by atoms with Crippen molar-refractivity contribution in [3.8, 4) is 22.9 Å². The van der Waals surface area contributed by atoms with Crippen molar-refractivity contribution in [2.24, 2.45) is 5.10 Å². The number of nitro groups is 1. The van der Waals surface area contributed by atoms with Crippen LogP contribution in [0.15, 0.2) is 52.7 Å². The van der Waals surface area contributed by atoms with Gasteiger partial charge < -0.3 is 14.0 Å². The summed E-state index contributed by atoms with van der Waals surface area (Å²) in [5.74, 6) is 1.61. The highest BCUT2D eigenvalue weighted by atomic mass is 32.2. The van der Waals surface area contributed by atoms with Crippen molar-refractivity contribution in [3.05, 3.63) is 58.1 Å². The monoisotopic (exact) mass is 470 g/mol. The summed E-state index contributed by atoms with van der Waals surface area (Å²) in [6.45, 7) is 2.57. The number of carbonyl (C=O) groups excluding carboxylic acids is 1. The minimum Gasteiger partial charge on any atom is -0.493 e. The molecule has 3 aromatic rings. The highest BCUT2D eigenvalue weighted by molar-refractivity contribution is 7.99. The van der Waals surface area contributed by atoms with Gasteiger partial charge in [-0.15, -0.1) is 10.2 Å². The van der Waals surface area contributed by atoms with Crippen LogP contribution in [-0.4, -0.2) is 51.8 Å². The van der Waals surface area contributed by atoms with Gasteiger partial charge in [-0.2, -0.15) is 5.10 Å². The van der Waals surface area contributed by atoms with E-state index in [0.29, 0.717) is 34.6 Å². The van der Waals surface area contributed by atoms with Gasteiger partial charge >= 0.3 is 0 Å². The molecule has 0 bridgehead atoms. The standard InChI is InChI=1S/C21H22N6O5S/c1-4-26-20(15-7-10-17(31-2)18(11-15)32-3)24-25-21(26)33-13-19(28)23-22-12-14-5-8-16(9-6-14)27(29)30/h5-12H,4,13H2,1-3H3,(H,23,28)/b22-12-. The lowest BCUT2D eigenvalue weighted by Gasteiger charge is -2.10. The molecule has 172 valence electrons. The molecule has 0 unspecified atom stereocenters. The molecule has 0 aliphatic rings. The Hall–Kier alpha value is -3.93. The second kappa shape index (κ2) is 11.1. The number of nitrogens with one attached hydrogen (secondary N) is 1. The Labute approximate surface area is 194 Å². The van der Waals surface area contributed by atoms with Crippen LogP contribution in [0.2, 0.25) is 0 Å². The average Bonchev–Trinajstić information content (AvgIpc) is 3.25. The van der Waals surface area contributed by atoms with Crippen LogP contribution in [0.25, 0.3) is 11.4 Å². The summed E-state index contributed by atoms with van der Waals surface area (Å²) in [7, 11) is 3.14. The van der Waals surface area contributed by atoms with Gasteiger partial charge in [-0.05, 0) is 42.8 Å². The summed E-state index contributed by atoms with van der Waals surface area (Å²) in [6, 6.07) is 11.3. The Kier molecular flexibility index (Phi) is 7.97. The number of benzene rings is 2. The third-order valence-electron chi connectivity index (χ3n) is 4.51. The minimum atomic E-state index is -0.481. The Morgan fingerprint density at radius 1 is 1.18 bits per heavy atom. The number of amides is 1. The number of nitrogens with zero attached hydrogens (tertiary/aromatic N) is 5. The lowest BCUT2D eigenvalue weighted by molar-refractivity contribution is -0.384. The van der Waals surface area contributed by atoms with Gasteiger partial charge in [0.25, 0.3) is 11.6 Å². The predicted octanol–water partition coefficient (Wildman–Crippen LogP) is 3.13. The second-order valence-corrected chi connectivity index (χ2v) is 7.49. The van der Waals surface area contributed by atoms with E-state index in [1.54, 1.807) is 32.4 Å². The summed E-state index contributed by atoms with van der Waals surface area (Å²) < 4.78 is 12.5. The Morgan fingerprint density at radius 2 is 1.91 bits per heavy atom. The summed E-state index contributed by atoms with van der Waals surface area (Å²) in [4.78, 5) is 22.4. The van der Waals surface area contributed by atoms with Crippen molar-refractivity contribution in [1.29, 1.82) is 0 Å². The fourth-order valence-electron chi connectivity index (χ4n) is 2.89. The molecule has 0 aliphatic carbocycles. The molecular formula is C21H22N6O5S. The first-order valence-electron chi connectivity index (χ1n) is 9.81. The maximum atomic E-state index is 12.2. The van der Waals surface area contributed by atoms with Crippen molar-refractivity contribution >= 4 is 29.6 Å². The number of ether oxygens (including phenoxy) is 2. The molecule has 1 N–H and O–H groups in total. The number of nitro benzene ring substituents is 1. The summed E-state index contributed by atoms with van der Waals surface area (Å²) in [5.41, 5.74) is 3.85. The van der Waals surface area contributed by atoms with Crippen LogP contribution in [-0.2, 0) is 11.3 Å². The molecule has 0 radical (unpaired) electrons. The lowest BCUT2D eigenvalue weighted by atomic mass is 10.2. The topological polar surface area (TPSA) is 134 Å². The second-order valence-electron chi connectivity index (χ2n) is 6.55. The van der Waals surface area contributed by atoms with Crippen LogP contribution in [0, 0.1) is 10.1 Å². The largest absolute Gasteiger partial charge is 0.493 e. The number of hydrogen-bond acceptors (Lipinski definition) is 9. The molecule has 12 heteroatoms. The number of methoxy groups -OCH3 is 2. The third kappa shape index (κ3) is 5.86. The number of hydrogen-bond donors (Lipinski definition) is 1. The number of hydrazone groups is 1. The van der Waals surface area contributed by atoms with Crippen LogP contribution in [0.3, 0.4) is 0 Å². The first kappa shape index (κ1) is 23.7. The first-order chi connectivity index (χ1) is 16.0. The third-order valence-corrected chi connectivity index (χ3v) is 5.48. The number of aromatic nitrogens is 3. The molecule has 0 atom stereocenters. The van der Waals surface area contributed by atoms with Gasteiger partial charge in [-0.3, -0.25) is 14.9 Å². The van der Waals surface area contributed by atoms with Gasteiger partial charge in [0.1, 0.15) is 0 Å². The van der Waals surface area contributed by atoms with Crippen LogP contribution >= 0.6 is 11.8 Å². The fraction of sp³-hybridized carbons (Fsp3) is 0.238. The molecule has 11 nitrogen and oxygen atoms in total. The summed E-state index contributed by atoms with van der Waals surface area (Å²) in [6.07, 6.45) is 1.41. The van der Waals surface area contributed by atoms with Crippen molar-refractivity contribution < 1.29 is 19.2 Å². The predicted molar refractivity (Wildman–Crippen MR) is 124 cm³/mol. The van der Waals surface area contributed by atoms with E-state index in [0.717, 1.165) is 5.56 Å². The smallest absolute Gasteiger partial charge is 0.269 e. The molecule has 2 aromatic carbocycles. The van der Waals surface area contributed by atoms with Gasteiger partial charge in [0.05, 0.1) is 31.1 Å². The molecule has 0 saturated heterocycles. The number of thioether (sulfide) groups is 1. The normalized spacial score (nSPS) is 10.9. The van der Waals surface area contributed by atoms with Crippen molar-refractivity contribution in [1.82, 2.24) is 20.2 Å². The van der Waals surface area contributed by atoms with Gasteiger partial charge in [-0.25, -0.2) is 5.43 Å². The van der Waals surface area contributed by atoms with E-state index in [4.69, 9.17) is 9.47 Å². The van der Waals surface area contributed by atoms with E-state index in [9.17, 15) is 14.9 Å². The Balaban J connectivity index is 1.62. The maximum Gasteiger partial charge on any atom is 0.269 e. The summed E-state index contributed by atoms with van der Waals surface area (Å²) >= 11 is 1.24. The number of carbonyl (C=O) groups is 1. The molecule has 33 heavy (non-hydrogen) atoms. The molecule has 1 heterocycles. The van der Waals surface area contributed by atoms with E-state index in [-0.39, 0.29) is 17.3 Å². The van der Waals surface area contributed by atoms with E-state index < -0.39 is 4.92 Å². The number of rotatable bonds is 10. The Morgan fingerprint density at radius 3 is 2.55 bits per heavy atom. The molecule has 1 amide bonds. The molecule has 0 spiro atoms. The molecule has 3 rings (SSSR count). The zero-order chi connectivity index (χ0) is 23.8. The molecule has 1 aromatic heterocycles. The average molecular weight is 471 g/mol. The zero-order valence-corrected chi connectivity index (χ0v) is 19.0. The van der Waals surface area contributed by atoms with Gasteiger partial charge in [-0.1, -0.05) is 11.8 Å². The van der Waals surface area contributed by atoms with Crippen LogP contribution in [0.1, 0.15) is 12.5 Å². The maximum absolute atomic E-state index is 12.2. The molecule has 0 saturated carbocycles. The van der Waals surface area contributed by atoms with E-state index >= 15 is 0 Å². The van der Waals surface area contributed by atoms with Crippen molar-refractivity contribution in [2.45, 2.75) is 18.6 Å². The van der Waals surface area contributed by atoms with Crippen LogP contribution in [0.4, 0.5) is 5.69 Å².